The molecule has 2 aromatic carbocycles. The molecule has 29 heavy (non-hydrogen) atoms. The molecule has 1 fully saturated rings. The fourth-order valence-electron chi connectivity index (χ4n) is 3.71. The van der Waals surface area contributed by atoms with Gasteiger partial charge in [-0.05, 0) is 52.8 Å². The Morgan fingerprint density at radius 2 is 1.79 bits per heavy atom. The summed E-state index contributed by atoms with van der Waals surface area (Å²) in [6, 6.07) is 12.6. The molecule has 8 heteroatoms. The molecular formula is C21H24BrN3O3S. The van der Waals surface area contributed by atoms with Crippen molar-refractivity contribution in [2.75, 3.05) is 40.3 Å². The number of nitrogens with zero attached hydrogens (tertiary/aromatic N) is 3. The fraction of sp³-hybridized carbons (Fsp3) is 0.333. The molecule has 0 atom stereocenters. The number of hydrogen-bond acceptors (Lipinski definition) is 5. The smallest absolute Gasteiger partial charge is 0.269 e. The van der Waals surface area contributed by atoms with Crippen LogP contribution in [0.1, 0.15) is 5.56 Å². The minimum Gasteiger partial charge on any atom is -0.497 e. The van der Waals surface area contributed by atoms with E-state index < -0.39 is 10.0 Å². The van der Waals surface area contributed by atoms with Gasteiger partial charge in [-0.15, -0.1) is 0 Å². The van der Waals surface area contributed by atoms with E-state index in [-0.39, 0.29) is 4.90 Å². The third-order valence-electron chi connectivity index (χ3n) is 5.43. The molecule has 6 nitrogen and oxygen atoms in total. The van der Waals surface area contributed by atoms with Crippen molar-refractivity contribution in [3.8, 4) is 5.75 Å². The molecule has 1 aliphatic rings. The Bertz CT molecular complexity index is 1140. The number of methoxy groups -OCH3 is 1. The number of ether oxygens (including phenoxy) is 1. The van der Waals surface area contributed by atoms with Gasteiger partial charge in [-0.1, -0.05) is 18.2 Å². The van der Waals surface area contributed by atoms with E-state index in [1.807, 2.05) is 24.3 Å². The lowest BCUT2D eigenvalue weighted by atomic mass is 10.1. The molecule has 2 heterocycles. The van der Waals surface area contributed by atoms with E-state index in [9.17, 15) is 8.42 Å². The van der Waals surface area contributed by atoms with E-state index in [0.717, 1.165) is 43.7 Å². The zero-order valence-corrected chi connectivity index (χ0v) is 18.9. The van der Waals surface area contributed by atoms with Gasteiger partial charge in [-0.25, -0.2) is 12.4 Å². The highest BCUT2D eigenvalue weighted by Crippen LogP contribution is 2.32. The van der Waals surface area contributed by atoms with Crippen molar-refractivity contribution in [2.24, 2.45) is 0 Å². The number of benzene rings is 2. The molecule has 4 rings (SSSR count). The SMILES string of the molecule is COc1ccc(S(=O)(=O)n2cc(CN3CCN(C)CC3)c3ccccc32)c(Br)c1. The summed E-state index contributed by atoms with van der Waals surface area (Å²) in [4.78, 5) is 4.90. The number of hydrogen-bond donors (Lipinski definition) is 0. The number of piperazine rings is 1. The first-order chi connectivity index (χ1) is 13.9. The molecule has 0 bridgehead atoms. The van der Waals surface area contributed by atoms with Crippen LogP contribution in [0.5, 0.6) is 5.75 Å². The average Bonchev–Trinajstić information content (AvgIpc) is 3.09. The molecule has 0 aliphatic carbocycles. The molecule has 0 N–H and O–H groups in total. The maximum atomic E-state index is 13.5. The Morgan fingerprint density at radius 1 is 1.07 bits per heavy atom. The first kappa shape index (κ1) is 20.4. The Kier molecular flexibility index (Phi) is 5.70. The summed E-state index contributed by atoms with van der Waals surface area (Å²) in [5.41, 5.74) is 1.72. The van der Waals surface area contributed by atoms with Crippen LogP contribution >= 0.6 is 15.9 Å². The van der Waals surface area contributed by atoms with Crippen molar-refractivity contribution in [1.82, 2.24) is 13.8 Å². The van der Waals surface area contributed by atoms with E-state index in [1.54, 1.807) is 31.5 Å². The lowest BCUT2D eigenvalue weighted by Gasteiger charge is -2.32. The number of rotatable bonds is 5. The molecule has 0 spiro atoms. The van der Waals surface area contributed by atoms with Crippen molar-refractivity contribution in [1.29, 1.82) is 0 Å². The van der Waals surface area contributed by atoms with E-state index in [1.165, 1.54) is 3.97 Å². The Labute approximate surface area is 179 Å². The second-order valence-electron chi connectivity index (χ2n) is 7.35. The lowest BCUT2D eigenvalue weighted by Crippen LogP contribution is -2.43. The number of aromatic nitrogens is 1. The molecule has 0 amide bonds. The van der Waals surface area contributed by atoms with Crippen LogP contribution in [0.15, 0.2) is 58.0 Å². The highest BCUT2D eigenvalue weighted by atomic mass is 79.9. The number of halogens is 1. The van der Waals surface area contributed by atoms with Gasteiger partial charge in [0.2, 0.25) is 0 Å². The minimum absolute atomic E-state index is 0.213. The lowest BCUT2D eigenvalue weighted by molar-refractivity contribution is 0.148. The van der Waals surface area contributed by atoms with Crippen molar-refractivity contribution >= 4 is 36.9 Å². The second-order valence-corrected chi connectivity index (χ2v) is 9.99. The summed E-state index contributed by atoms with van der Waals surface area (Å²) < 4.78 is 34.1. The first-order valence-corrected chi connectivity index (χ1v) is 11.7. The van der Waals surface area contributed by atoms with E-state index >= 15 is 0 Å². The second kappa shape index (κ2) is 8.10. The van der Waals surface area contributed by atoms with Gasteiger partial charge in [-0.2, -0.15) is 0 Å². The largest absolute Gasteiger partial charge is 0.497 e. The molecular weight excluding hydrogens is 454 g/mol. The summed E-state index contributed by atoms with van der Waals surface area (Å²) in [6.45, 7) is 4.74. The van der Waals surface area contributed by atoms with Crippen molar-refractivity contribution in [3.05, 3.63) is 58.7 Å². The van der Waals surface area contributed by atoms with E-state index in [2.05, 4.69) is 32.8 Å². The zero-order valence-electron chi connectivity index (χ0n) is 16.5. The van der Waals surface area contributed by atoms with Crippen LogP contribution in [-0.2, 0) is 16.6 Å². The Morgan fingerprint density at radius 3 is 2.48 bits per heavy atom. The van der Waals surface area contributed by atoms with Gasteiger partial charge in [0.1, 0.15) is 10.6 Å². The maximum absolute atomic E-state index is 13.5. The highest BCUT2D eigenvalue weighted by molar-refractivity contribution is 9.10. The summed E-state index contributed by atoms with van der Waals surface area (Å²) in [5, 5.41) is 0.972. The molecule has 1 aromatic heterocycles. The summed E-state index contributed by atoms with van der Waals surface area (Å²) >= 11 is 3.39. The quantitative estimate of drug-likeness (QED) is 0.563. The Hall–Kier alpha value is -1.87. The summed E-state index contributed by atoms with van der Waals surface area (Å²) in [5.74, 6) is 0.601. The molecule has 0 unspecified atom stereocenters. The molecule has 3 aromatic rings. The van der Waals surface area contributed by atoms with Crippen LogP contribution in [0.3, 0.4) is 0 Å². The van der Waals surface area contributed by atoms with Gasteiger partial charge in [0.05, 0.1) is 12.6 Å². The normalized spacial score (nSPS) is 16.4. The fourth-order valence-corrected chi connectivity index (χ4v) is 6.13. The molecule has 0 saturated carbocycles. The third kappa shape index (κ3) is 3.94. The minimum atomic E-state index is -3.76. The average molecular weight is 478 g/mol. The first-order valence-electron chi connectivity index (χ1n) is 9.49. The van der Waals surface area contributed by atoms with Gasteiger partial charge in [-0.3, -0.25) is 4.90 Å². The molecule has 1 saturated heterocycles. The number of likely N-dealkylation sites (N-methyl/N-ethyl adjacent to an activating group) is 1. The predicted molar refractivity (Wildman–Crippen MR) is 118 cm³/mol. The highest BCUT2D eigenvalue weighted by Gasteiger charge is 2.25. The van der Waals surface area contributed by atoms with Crippen LogP contribution in [-0.4, -0.2) is 62.5 Å². The van der Waals surface area contributed by atoms with Gasteiger partial charge < -0.3 is 9.64 Å². The number of fused-ring (bicyclic) bond motifs is 1. The van der Waals surface area contributed by atoms with Gasteiger partial charge >= 0.3 is 0 Å². The van der Waals surface area contributed by atoms with Gasteiger partial charge in [0, 0.05) is 48.8 Å². The number of para-hydroxylation sites is 1. The van der Waals surface area contributed by atoms with Crippen molar-refractivity contribution in [2.45, 2.75) is 11.4 Å². The van der Waals surface area contributed by atoms with Crippen LogP contribution in [0, 0.1) is 0 Å². The maximum Gasteiger partial charge on any atom is 0.269 e. The van der Waals surface area contributed by atoms with Crippen LogP contribution < -0.4 is 4.74 Å². The molecule has 0 radical (unpaired) electrons. The zero-order chi connectivity index (χ0) is 20.6. The van der Waals surface area contributed by atoms with Gasteiger partial charge in [0.15, 0.2) is 0 Å². The third-order valence-corrected chi connectivity index (χ3v) is 8.08. The van der Waals surface area contributed by atoms with Crippen LogP contribution in [0.2, 0.25) is 0 Å². The predicted octanol–water partition coefficient (Wildman–Crippen LogP) is 3.40. The van der Waals surface area contributed by atoms with E-state index in [4.69, 9.17) is 4.74 Å². The Balaban J connectivity index is 1.76. The molecule has 1 aliphatic heterocycles. The molecule has 154 valence electrons. The van der Waals surface area contributed by atoms with Crippen LogP contribution in [0.4, 0.5) is 0 Å². The topological polar surface area (TPSA) is 54.8 Å². The summed E-state index contributed by atoms with van der Waals surface area (Å²) in [6.07, 6.45) is 1.77. The van der Waals surface area contributed by atoms with Gasteiger partial charge in [0.25, 0.3) is 10.0 Å². The van der Waals surface area contributed by atoms with Crippen molar-refractivity contribution < 1.29 is 13.2 Å². The van der Waals surface area contributed by atoms with Crippen LogP contribution in [0.25, 0.3) is 10.9 Å². The van der Waals surface area contributed by atoms with E-state index in [0.29, 0.717) is 15.7 Å². The summed E-state index contributed by atoms with van der Waals surface area (Å²) in [7, 11) is -0.0794. The van der Waals surface area contributed by atoms with Crippen molar-refractivity contribution in [3.63, 3.8) is 0 Å². The monoisotopic (exact) mass is 477 g/mol. The standard InChI is InChI=1S/C21H24BrN3O3S/c1-23-9-11-24(12-10-23)14-16-15-25(20-6-4-3-5-18(16)20)29(26,27)21-8-7-17(28-2)13-19(21)22/h3-8,13,15H,9-12,14H2,1-2H3.